The van der Waals surface area contributed by atoms with Crippen LogP contribution in [0.2, 0.25) is 0 Å². The minimum absolute atomic E-state index is 0.175. The number of ketones is 1. The maximum absolute atomic E-state index is 12.2. The van der Waals surface area contributed by atoms with Crippen molar-refractivity contribution in [3.63, 3.8) is 0 Å². The van der Waals surface area contributed by atoms with Gasteiger partial charge in [-0.25, -0.2) is 0 Å². The van der Waals surface area contributed by atoms with E-state index in [9.17, 15) is 9.59 Å². The first-order chi connectivity index (χ1) is 14.2. The van der Waals surface area contributed by atoms with Gasteiger partial charge in [-0.05, 0) is 68.9 Å². The Bertz CT molecular complexity index is 769. The zero-order chi connectivity index (χ0) is 20.3. The lowest BCUT2D eigenvalue weighted by Crippen LogP contribution is -2.24. The van der Waals surface area contributed by atoms with Crippen molar-refractivity contribution in [3.8, 4) is 0 Å². The monoisotopic (exact) mass is 391 g/mol. The molecule has 1 fully saturated rings. The van der Waals surface area contributed by atoms with E-state index in [1.54, 1.807) is 0 Å². The first-order valence-corrected chi connectivity index (χ1v) is 11.1. The SMILES string of the molecule is O=C(CCC/C=C\CC1=C(/C=C/CCCc2ccccc2)CCC1=O)NC1CC1. The number of hydrogen-bond acceptors (Lipinski definition) is 2. The van der Waals surface area contributed by atoms with Crippen molar-refractivity contribution in [3.05, 3.63) is 71.3 Å². The molecule has 1 aromatic carbocycles. The lowest BCUT2D eigenvalue weighted by Gasteiger charge is -2.02. The summed E-state index contributed by atoms with van der Waals surface area (Å²) in [6.07, 6.45) is 18.7. The van der Waals surface area contributed by atoms with Crippen LogP contribution in [0.25, 0.3) is 0 Å². The largest absolute Gasteiger partial charge is 0.353 e. The van der Waals surface area contributed by atoms with Crippen molar-refractivity contribution in [1.29, 1.82) is 0 Å². The number of unbranched alkanes of at least 4 members (excludes halogenated alkanes) is 2. The zero-order valence-electron chi connectivity index (χ0n) is 17.4. The molecule has 29 heavy (non-hydrogen) atoms. The Morgan fingerprint density at radius 3 is 2.59 bits per heavy atom. The second-order valence-corrected chi connectivity index (χ2v) is 8.12. The van der Waals surface area contributed by atoms with Crippen molar-refractivity contribution >= 4 is 11.7 Å². The normalized spacial score (nSPS) is 17.0. The first-order valence-electron chi connectivity index (χ1n) is 11.1. The van der Waals surface area contributed by atoms with Crippen LogP contribution < -0.4 is 5.32 Å². The van der Waals surface area contributed by atoms with E-state index in [2.05, 4.69) is 60.0 Å². The van der Waals surface area contributed by atoms with Crippen LogP contribution in [0.1, 0.15) is 69.8 Å². The standard InChI is InChI=1S/C26H33NO2/c28-25-20-17-22(14-8-4-7-13-21-11-5-3-6-12-21)24(25)15-9-1-2-10-16-26(29)27-23-18-19-23/h1,3,5-6,8-9,11-12,14,23H,2,4,7,10,13,15-20H2,(H,27,29)/b9-1-,14-8+. The van der Waals surface area contributed by atoms with Gasteiger partial charge in [0.15, 0.2) is 5.78 Å². The summed E-state index contributed by atoms with van der Waals surface area (Å²) in [5.41, 5.74) is 3.57. The Morgan fingerprint density at radius 1 is 1.00 bits per heavy atom. The molecule has 0 saturated heterocycles. The van der Waals surface area contributed by atoms with Gasteiger partial charge in [0.05, 0.1) is 0 Å². The molecule has 3 rings (SSSR count). The summed E-state index contributed by atoms with van der Waals surface area (Å²) in [6, 6.07) is 11.0. The number of aryl methyl sites for hydroxylation is 1. The number of carbonyl (C=O) groups is 2. The zero-order valence-corrected chi connectivity index (χ0v) is 17.4. The van der Waals surface area contributed by atoms with E-state index in [4.69, 9.17) is 0 Å². The molecule has 0 unspecified atom stereocenters. The predicted octanol–water partition coefficient (Wildman–Crippen LogP) is 5.62. The number of rotatable bonds is 12. The minimum Gasteiger partial charge on any atom is -0.353 e. The summed E-state index contributed by atoms with van der Waals surface area (Å²) in [7, 11) is 0. The summed E-state index contributed by atoms with van der Waals surface area (Å²) >= 11 is 0. The lowest BCUT2D eigenvalue weighted by atomic mass is 10.0. The highest BCUT2D eigenvalue weighted by atomic mass is 16.1. The van der Waals surface area contributed by atoms with Crippen molar-refractivity contribution in [2.75, 3.05) is 0 Å². The summed E-state index contributed by atoms with van der Waals surface area (Å²) < 4.78 is 0. The molecule has 0 spiro atoms. The number of benzene rings is 1. The molecule has 2 aliphatic carbocycles. The van der Waals surface area contributed by atoms with Gasteiger partial charge >= 0.3 is 0 Å². The Kier molecular flexibility index (Phi) is 8.48. The van der Waals surface area contributed by atoms with Gasteiger partial charge in [0.1, 0.15) is 0 Å². The molecule has 1 N–H and O–H groups in total. The molecule has 3 nitrogen and oxygen atoms in total. The predicted molar refractivity (Wildman–Crippen MR) is 119 cm³/mol. The van der Waals surface area contributed by atoms with Crippen LogP contribution in [-0.2, 0) is 16.0 Å². The van der Waals surface area contributed by atoms with Gasteiger partial charge in [-0.2, -0.15) is 0 Å². The summed E-state index contributed by atoms with van der Waals surface area (Å²) in [6.45, 7) is 0. The van der Waals surface area contributed by atoms with Crippen molar-refractivity contribution < 1.29 is 9.59 Å². The third-order valence-corrected chi connectivity index (χ3v) is 5.55. The summed E-state index contributed by atoms with van der Waals surface area (Å²) in [5, 5.41) is 3.02. The molecule has 0 aromatic heterocycles. The fraction of sp³-hybridized carbons (Fsp3) is 0.462. The second-order valence-electron chi connectivity index (χ2n) is 8.12. The molecule has 0 heterocycles. The number of Topliss-reactive ketones (excluding diaryl/α,β-unsaturated/α-hetero) is 1. The fourth-order valence-corrected chi connectivity index (χ4v) is 3.68. The van der Waals surface area contributed by atoms with E-state index in [-0.39, 0.29) is 5.91 Å². The van der Waals surface area contributed by atoms with E-state index in [0.717, 1.165) is 63.4 Å². The molecule has 0 atom stereocenters. The Labute approximate surface area is 175 Å². The van der Waals surface area contributed by atoms with Gasteiger partial charge in [0.2, 0.25) is 5.91 Å². The van der Waals surface area contributed by atoms with Gasteiger partial charge in [-0.3, -0.25) is 9.59 Å². The highest BCUT2D eigenvalue weighted by molar-refractivity contribution is 5.99. The van der Waals surface area contributed by atoms with E-state index in [1.807, 2.05) is 0 Å². The third kappa shape index (κ3) is 7.84. The molecule has 2 aliphatic rings. The average molecular weight is 392 g/mol. The average Bonchev–Trinajstić information content (AvgIpc) is 3.47. The highest BCUT2D eigenvalue weighted by Crippen LogP contribution is 2.27. The quantitative estimate of drug-likeness (QED) is 0.371. The number of allylic oxidation sites excluding steroid dienone is 6. The molecule has 154 valence electrons. The molecular formula is C26H33NO2. The van der Waals surface area contributed by atoms with Gasteiger partial charge in [0, 0.05) is 24.5 Å². The Hall–Kier alpha value is -2.42. The maximum atomic E-state index is 12.2. The van der Waals surface area contributed by atoms with Gasteiger partial charge < -0.3 is 5.32 Å². The Morgan fingerprint density at radius 2 is 1.79 bits per heavy atom. The van der Waals surface area contributed by atoms with Crippen molar-refractivity contribution in [2.24, 2.45) is 0 Å². The lowest BCUT2D eigenvalue weighted by molar-refractivity contribution is -0.121. The Balaban J connectivity index is 1.36. The third-order valence-electron chi connectivity index (χ3n) is 5.55. The molecule has 0 bridgehead atoms. The van der Waals surface area contributed by atoms with Crippen molar-refractivity contribution in [1.82, 2.24) is 5.32 Å². The van der Waals surface area contributed by atoms with E-state index in [0.29, 0.717) is 24.7 Å². The smallest absolute Gasteiger partial charge is 0.220 e. The molecule has 1 saturated carbocycles. The van der Waals surface area contributed by atoms with E-state index < -0.39 is 0 Å². The van der Waals surface area contributed by atoms with Crippen LogP contribution in [0.4, 0.5) is 0 Å². The van der Waals surface area contributed by atoms with E-state index in [1.165, 1.54) is 11.1 Å². The van der Waals surface area contributed by atoms with Gasteiger partial charge in [-0.15, -0.1) is 0 Å². The van der Waals surface area contributed by atoms with Crippen LogP contribution in [0.15, 0.2) is 65.8 Å². The van der Waals surface area contributed by atoms with Crippen LogP contribution in [0, 0.1) is 0 Å². The molecule has 1 aromatic rings. The number of hydrogen-bond donors (Lipinski definition) is 1. The van der Waals surface area contributed by atoms with E-state index >= 15 is 0 Å². The summed E-state index contributed by atoms with van der Waals surface area (Å²) in [4.78, 5) is 23.9. The fourth-order valence-electron chi connectivity index (χ4n) is 3.68. The molecule has 1 amide bonds. The highest BCUT2D eigenvalue weighted by Gasteiger charge is 2.22. The van der Waals surface area contributed by atoms with Crippen LogP contribution in [0.5, 0.6) is 0 Å². The maximum Gasteiger partial charge on any atom is 0.220 e. The minimum atomic E-state index is 0.175. The number of amides is 1. The molecule has 0 radical (unpaired) electrons. The summed E-state index contributed by atoms with van der Waals surface area (Å²) in [5.74, 6) is 0.469. The second kappa shape index (κ2) is 11.5. The molecule has 0 aliphatic heterocycles. The topological polar surface area (TPSA) is 46.2 Å². The van der Waals surface area contributed by atoms with Crippen LogP contribution >= 0.6 is 0 Å². The van der Waals surface area contributed by atoms with Crippen LogP contribution in [-0.4, -0.2) is 17.7 Å². The van der Waals surface area contributed by atoms with Gasteiger partial charge in [-0.1, -0.05) is 54.6 Å². The van der Waals surface area contributed by atoms with Gasteiger partial charge in [0.25, 0.3) is 0 Å². The van der Waals surface area contributed by atoms with Crippen LogP contribution in [0.3, 0.4) is 0 Å². The van der Waals surface area contributed by atoms with Crippen molar-refractivity contribution in [2.45, 2.75) is 76.7 Å². The number of nitrogens with one attached hydrogen (secondary N) is 1. The first kappa shape index (κ1) is 21.3. The molecular weight excluding hydrogens is 358 g/mol. The molecule has 3 heteroatoms. The number of carbonyl (C=O) groups excluding carboxylic acids is 2.